The molecule has 0 aliphatic heterocycles. The first kappa shape index (κ1) is 50.4. The number of carbonyl (C=O) groups is 3. The van der Waals surface area contributed by atoms with E-state index in [1.54, 1.807) is 0 Å². The molecular weight excluding hydrogens is 648 g/mol. The second kappa shape index (κ2) is 39.1. The van der Waals surface area contributed by atoms with E-state index in [9.17, 15) is 14.4 Å². The summed E-state index contributed by atoms with van der Waals surface area (Å²) in [6, 6.07) is 0. The van der Waals surface area contributed by atoms with Gasteiger partial charge in [-0.25, -0.2) is 0 Å². The zero-order valence-corrected chi connectivity index (χ0v) is 35.4. The van der Waals surface area contributed by atoms with Crippen molar-refractivity contribution < 1.29 is 28.6 Å². The highest BCUT2D eigenvalue weighted by atomic mass is 16.6. The Morgan fingerprint density at radius 3 is 0.942 bits per heavy atom. The van der Waals surface area contributed by atoms with Crippen LogP contribution in [-0.4, -0.2) is 37.2 Å². The molecule has 0 aromatic heterocycles. The van der Waals surface area contributed by atoms with Gasteiger partial charge in [0.1, 0.15) is 13.2 Å². The largest absolute Gasteiger partial charge is 0.462 e. The maximum Gasteiger partial charge on any atom is 0.306 e. The lowest BCUT2D eigenvalue weighted by Gasteiger charge is -2.18. The topological polar surface area (TPSA) is 78.9 Å². The Labute approximate surface area is 323 Å². The predicted molar refractivity (Wildman–Crippen MR) is 220 cm³/mol. The molecule has 0 saturated heterocycles. The maximum absolute atomic E-state index is 12.7. The van der Waals surface area contributed by atoms with Gasteiger partial charge in [0, 0.05) is 19.3 Å². The fraction of sp³-hybridized carbons (Fsp3) is 0.935. The van der Waals surface area contributed by atoms with Crippen LogP contribution in [0.3, 0.4) is 0 Å². The molecule has 0 bridgehead atoms. The van der Waals surface area contributed by atoms with Gasteiger partial charge >= 0.3 is 17.9 Å². The summed E-state index contributed by atoms with van der Waals surface area (Å²) in [7, 11) is 0. The third kappa shape index (κ3) is 39.6. The third-order valence-corrected chi connectivity index (χ3v) is 10.2. The van der Waals surface area contributed by atoms with Gasteiger partial charge in [-0.3, -0.25) is 14.4 Å². The smallest absolute Gasteiger partial charge is 0.306 e. The van der Waals surface area contributed by atoms with E-state index in [4.69, 9.17) is 14.2 Å². The minimum absolute atomic E-state index is 0.0656. The zero-order valence-electron chi connectivity index (χ0n) is 35.4. The van der Waals surface area contributed by atoms with E-state index in [1.165, 1.54) is 135 Å². The highest BCUT2D eigenvalue weighted by molar-refractivity contribution is 5.71. The van der Waals surface area contributed by atoms with Crippen molar-refractivity contribution in [2.45, 2.75) is 253 Å². The van der Waals surface area contributed by atoms with Crippen LogP contribution in [0, 0.1) is 11.8 Å². The van der Waals surface area contributed by atoms with E-state index in [0.29, 0.717) is 19.3 Å². The first-order chi connectivity index (χ1) is 25.2. The summed E-state index contributed by atoms with van der Waals surface area (Å²) in [6.07, 6.45) is 36.7. The second-order valence-electron chi connectivity index (χ2n) is 16.6. The Kier molecular flexibility index (Phi) is 37.9. The summed E-state index contributed by atoms with van der Waals surface area (Å²) in [5.74, 6) is 0.713. The summed E-state index contributed by atoms with van der Waals surface area (Å²) in [4.78, 5) is 37.7. The minimum Gasteiger partial charge on any atom is -0.462 e. The van der Waals surface area contributed by atoms with Crippen LogP contribution in [0.15, 0.2) is 0 Å². The van der Waals surface area contributed by atoms with Crippen molar-refractivity contribution in [3.05, 3.63) is 0 Å². The number of rotatable bonds is 40. The molecule has 0 aromatic rings. The normalized spacial score (nSPS) is 12.1. The minimum atomic E-state index is -0.760. The molecule has 0 N–H and O–H groups in total. The zero-order chi connectivity index (χ0) is 38.3. The number of ether oxygens (including phenoxy) is 3. The Morgan fingerprint density at radius 1 is 0.365 bits per heavy atom. The summed E-state index contributed by atoms with van der Waals surface area (Å²) in [6.45, 7) is 11.3. The van der Waals surface area contributed by atoms with Crippen molar-refractivity contribution in [1.29, 1.82) is 0 Å². The first-order valence-electron chi connectivity index (χ1n) is 22.7. The van der Waals surface area contributed by atoms with E-state index >= 15 is 0 Å². The number of esters is 3. The monoisotopic (exact) mass is 737 g/mol. The van der Waals surface area contributed by atoms with Crippen molar-refractivity contribution in [2.24, 2.45) is 11.8 Å². The van der Waals surface area contributed by atoms with Gasteiger partial charge in [-0.1, -0.05) is 208 Å². The molecule has 0 aliphatic rings. The Hall–Kier alpha value is -1.59. The van der Waals surface area contributed by atoms with Crippen LogP contribution in [0.1, 0.15) is 247 Å². The molecule has 0 aliphatic carbocycles. The maximum atomic E-state index is 12.7. The van der Waals surface area contributed by atoms with Gasteiger partial charge < -0.3 is 14.2 Å². The van der Waals surface area contributed by atoms with E-state index in [1.807, 2.05) is 0 Å². The molecule has 1 atom stereocenters. The van der Waals surface area contributed by atoms with Crippen LogP contribution in [0.4, 0.5) is 0 Å². The van der Waals surface area contributed by atoms with Gasteiger partial charge in [-0.15, -0.1) is 0 Å². The average Bonchev–Trinajstić information content (AvgIpc) is 3.11. The van der Waals surface area contributed by atoms with E-state index in [-0.39, 0.29) is 31.1 Å². The van der Waals surface area contributed by atoms with E-state index in [2.05, 4.69) is 34.6 Å². The fourth-order valence-corrected chi connectivity index (χ4v) is 6.75. The lowest BCUT2D eigenvalue weighted by Crippen LogP contribution is -2.30. The highest BCUT2D eigenvalue weighted by Gasteiger charge is 2.19. The summed E-state index contributed by atoms with van der Waals surface area (Å²) in [5, 5.41) is 0. The molecular formula is C46H88O6. The van der Waals surface area contributed by atoms with Crippen molar-refractivity contribution in [1.82, 2.24) is 0 Å². The molecule has 0 fully saturated rings. The van der Waals surface area contributed by atoms with Gasteiger partial charge in [0.15, 0.2) is 6.10 Å². The van der Waals surface area contributed by atoms with Gasteiger partial charge in [0.05, 0.1) is 0 Å². The number of hydrogen-bond donors (Lipinski definition) is 0. The average molecular weight is 737 g/mol. The molecule has 0 spiro atoms. The van der Waals surface area contributed by atoms with Crippen molar-refractivity contribution in [3.8, 4) is 0 Å². The van der Waals surface area contributed by atoms with Crippen molar-refractivity contribution in [3.63, 3.8) is 0 Å². The van der Waals surface area contributed by atoms with Crippen molar-refractivity contribution >= 4 is 17.9 Å². The van der Waals surface area contributed by atoms with Gasteiger partial charge in [-0.05, 0) is 31.1 Å². The number of hydrogen-bond acceptors (Lipinski definition) is 6. The molecule has 0 heterocycles. The Balaban J connectivity index is 4.33. The molecule has 0 saturated carbocycles. The molecule has 0 unspecified atom stereocenters. The second-order valence-corrected chi connectivity index (χ2v) is 16.6. The Bertz CT molecular complexity index is 794. The first-order valence-corrected chi connectivity index (χ1v) is 22.7. The van der Waals surface area contributed by atoms with E-state index in [0.717, 1.165) is 69.6 Å². The van der Waals surface area contributed by atoms with Crippen LogP contribution in [0.2, 0.25) is 0 Å². The lowest BCUT2D eigenvalue weighted by atomic mass is 10.0. The molecule has 0 aromatic carbocycles. The molecule has 0 amide bonds. The van der Waals surface area contributed by atoms with Gasteiger partial charge in [0.2, 0.25) is 0 Å². The third-order valence-electron chi connectivity index (χ3n) is 10.2. The molecule has 308 valence electrons. The van der Waals surface area contributed by atoms with Crippen LogP contribution < -0.4 is 0 Å². The van der Waals surface area contributed by atoms with Crippen LogP contribution in [0.5, 0.6) is 0 Å². The molecule has 52 heavy (non-hydrogen) atoms. The number of carbonyl (C=O) groups excluding carboxylic acids is 3. The summed E-state index contributed by atoms with van der Waals surface area (Å²) in [5.41, 5.74) is 0. The van der Waals surface area contributed by atoms with Crippen LogP contribution in [0.25, 0.3) is 0 Å². The van der Waals surface area contributed by atoms with Crippen LogP contribution >= 0.6 is 0 Å². The fourth-order valence-electron chi connectivity index (χ4n) is 6.75. The van der Waals surface area contributed by atoms with Gasteiger partial charge in [0.25, 0.3) is 0 Å². The SMILES string of the molecule is CCCCCCCCCCCCCCCC(=O)OC[C@@H](COC(=O)CCCCCCCCCC(C)C)OC(=O)CCCCCCCCCCC(C)C. The van der Waals surface area contributed by atoms with E-state index < -0.39 is 6.10 Å². The number of unbranched alkanes of at least 4 members (excludes halogenated alkanes) is 25. The molecule has 0 rings (SSSR count). The van der Waals surface area contributed by atoms with Crippen molar-refractivity contribution in [2.75, 3.05) is 13.2 Å². The predicted octanol–water partition coefficient (Wildman–Crippen LogP) is 14.2. The Morgan fingerprint density at radius 2 is 0.635 bits per heavy atom. The van der Waals surface area contributed by atoms with Gasteiger partial charge in [-0.2, -0.15) is 0 Å². The lowest BCUT2D eigenvalue weighted by molar-refractivity contribution is -0.167. The molecule has 6 heteroatoms. The van der Waals surface area contributed by atoms with Crippen LogP contribution in [-0.2, 0) is 28.6 Å². The highest BCUT2D eigenvalue weighted by Crippen LogP contribution is 2.16. The molecule has 6 nitrogen and oxygen atoms in total. The summed E-state index contributed by atoms with van der Waals surface area (Å²) >= 11 is 0. The quantitative estimate of drug-likeness (QED) is 0.0354. The summed E-state index contributed by atoms with van der Waals surface area (Å²) < 4.78 is 16.7. The standard InChI is InChI=1S/C46H88O6/c1-6-7-8-9-10-11-12-13-14-15-21-26-31-36-44(47)50-39-43(40-51-45(48)37-32-27-23-18-20-25-30-35-42(4)5)52-46(49)38-33-28-22-17-16-19-24-29-34-41(2)3/h41-43H,6-40H2,1-5H3/t43-/m0/s1. The molecule has 0 radical (unpaired) electrons.